The van der Waals surface area contributed by atoms with Crippen LogP contribution in [0.3, 0.4) is 0 Å². The number of ether oxygens (including phenoxy) is 1. The van der Waals surface area contributed by atoms with Crippen LogP contribution in [-0.4, -0.2) is 44.2 Å². The highest BCUT2D eigenvalue weighted by Gasteiger charge is 2.14. The number of hydrogen-bond acceptors (Lipinski definition) is 7. The predicted octanol–water partition coefficient (Wildman–Crippen LogP) is -0.718. The van der Waals surface area contributed by atoms with E-state index in [-0.39, 0.29) is 18.0 Å². The van der Waals surface area contributed by atoms with E-state index in [1.165, 1.54) is 12.4 Å². The van der Waals surface area contributed by atoms with Crippen LogP contribution in [0.1, 0.15) is 6.92 Å². The number of carbonyl (C=O) groups is 1. The summed E-state index contributed by atoms with van der Waals surface area (Å²) < 4.78 is 30.1. The fraction of sp³-hybridized carbons (Fsp3) is 0.444. The predicted molar refractivity (Wildman–Crippen MR) is 66.9 cm³/mol. The molecule has 19 heavy (non-hydrogen) atoms. The van der Waals surface area contributed by atoms with Crippen molar-refractivity contribution in [1.82, 2.24) is 14.7 Å². The van der Waals surface area contributed by atoms with Gasteiger partial charge in [0.05, 0.1) is 12.4 Å². The van der Waals surface area contributed by atoms with E-state index in [0.717, 1.165) is 0 Å². The van der Waals surface area contributed by atoms with E-state index >= 15 is 0 Å². The summed E-state index contributed by atoms with van der Waals surface area (Å²) in [5.41, 5.74) is 4.73. The molecule has 4 N–H and O–H groups in total. The Bertz CT molecular complexity index is 516. The molecule has 1 heterocycles. The summed E-state index contributed by atoms with van der Waals surface area (Å²) in [5.74, 6) is 0.346. The van der Waals surface area contributed by atoms with Crippen molar-refractivity contribution in [1.29, 1.82) is 0 Å². The maximum absolute atomic E-state index is 11.8. The second-order valence-corrected chi connectivity index (χ2v) is 5.10. The molecule has 0 bridgehead atoms. The number of sulfonamides is 1. The first-order chi connectivity index (χ1) is 8.95. The number of hydrogen-bond donors (Lipinski definition) is 3. The van der Waals surface area contributed by atoms with Crippen LogP contribution in [0.25, 0.3) is 0 Å². The zero-order valence-corrected chi connectivity index (χ0v) is 11.1. The van der Waals surface area contributed by atoms with Gasteiger partial charge in [0.15, 0.2) is 0 Å². The van der Waals surface area contributed by atoms with Crippen molar-refractivity contribution in [2.24, 2.45) is 5.73 Å². The molecular formula is C9H15N5O4S. The lowest BCUT2D eigenvalue weighted by Crippen LogP contribution is -2.29. The number of carbonyl (C=O) groups excluding carboxylic acids is 1. The molecule has 0 aliphatic carbocycles. The maximum atomic E-state index is 11.8. The Morgan fingerprint density at radius 3 is 2.58 bits per heavy atom. The highest BCUT2D eigenvalue weighted by molar-refractivity contribution is 7.89. The third-order valence-electron chi connectivity index (χ3n) is 1.91. The Morgan fingerprint density at radius 1 is 1.42 bits per heavy atom. The van der Waals surface area contributed by atoms with Gasteiger partial charge in [0.2, 0.25) is 16.0 Å². The minimum absolute atomic E-state index is 0.0757. The molecule has 0 fully saturated rings. The number of anilines is 1. The Balaban J connectivity index is 2.59. The van der Waals surface area contributed by atoms with Crippen LogP contribution < -0.4 is 15.8 Å². The highest BCUT2D eigenvalue weighted by Crippen LogP contribution is 2.06. The molecule has 9 nitrogen and oxygen atoms in total. The second-order valence-electron chi connectivity index (χ2n) is 3.34. The van der Waals surface area contributed by atoms with Gasteiger partial charge < -0.3 is 15.8 Å². The third-order valence-corrected chi connectivity index (χ3v) is 3.33. The Morgan fingerprint density at radius 2 is 2.05 bits per heavy atom. The van der Waals surface area contributed by atoms with Crippen molar-refractivity contribution in [3.63, 3.8) is 0 Å². The summed E-state index contributed by atoms with van der Waals surface area (Å²) in [4.78, 5) is 17.9. The number of nitrogens with two attached hydrogens (primary N) is 1. The van der Waals surface area contributed by atoms with Gasteiger partial charge in [0.1, 0.15) is 11.5 Å². The highest BCUT2D eigenvalue weighted by atomic mass is 32.2. The number of aromatic nitrogens is 2. The van der Waals surface area contributed by atoms with Gasteiger partial charge in [0.25, 0.3) is 0 Å². The minimum atomic E-state index is -3.72. The molecule has 1 amide bonds. The third kappa shape index (κ3) is 5.06. The molecule has 0 radical (unpaired) electrons. The molecule has 0 atom stereocenters. The molecule has 0 saturated heterocycles. The van der Waals surface area contributed by atoms with E-state index in [4.69, 9.17) is 5.73 Å². The fourth-order valence-corrected chi connectivity index (χ4v) is 2.02. The van der Waals surface area contributed by atoms with Gasteiger partial charge in [-0.3, -0.25) is 0 Å². The van der Waals surface area contributed by atoms with Crippen LogP contribution in [0.15, 0.2) is 17.3 Å². The van der Waals surface area contributed by atoms with Crippen molar-refractivity contribution in [2.45, 2.75) is 11.8 Å². The molecule has 0 unspecified atom stereocenters. The Labute approximate surface area is 110 Å². The Hall–Kier alpha value is -1.94. The molecule has 0 aliphatic heterocycles. The first-order valence-electron chi connectivity index (χ1n) is 5.43. The van der Waals surface area contributed by atoms with Crippen LogP contribution >= 0.6 is 0 Å². The number of nitrogens with one attached hydrogen (secondary N) is 2. The quantitative estimate of drug-likeness (QED) is 0.563. The lowest BCUT2D eigenvalue weighted by Gasteiger charge is -2.07. The first kappa shape index (κ1) is 15.1. The topological polar surface area (TPSA) is 136 Å². The monoisotopic (exact) mass is 289 g/mol. The summed E-state index contributed by atoms with van der Waals surface area (Å²) in [6.45, 7) is 2.27. The number of rotatable bonds is 7. The van der Waals surface area contributed by atoms with Crippen molar-refractivity contribution < 1.29 is 17.9 Å². The number of nitrogens with zero attached hydrogens (tertiary/aromatic N) is 2. The summed E-state index contributed by atoms with van der Waals surface area (Å²) in [7, 11) is -3.72. The van der Waals surface area contributed by atoms with Crippen LogP contribution in [0.2, 0.25) is 0 Å². The van der Waals surface area contributed by atoms with E-state index in [9.17, 15) is 13.2 Å². The number of primary amides is 1. The molecular weight excluding hydrogens is 274 g/mol. The van der Waals surface area contributed by atoms with Gasteiger partial charge >= 0.3 is 6.09 Å². The Kier molecular flexibility index (Phi) is 5.45. The molecule has 1 aromatic heterocycles. The lowest BCUT2D eigenvalue weighted by molar-refractivity contribution is 0.159. The van der Waals surface area contributed by atoms with E-state index in [1.54, 1.807) is 0 Å². The van der Waals surface area contributed by atoms with Gasteiger partial charge in [0, 0.05) is 13.1 Å². The van der Waals surface area contributed by atoms with Crippen molar-refractivity contribution >= 4 is 22.1 Å². The molecule has 0 aromatic carbocycles. The zero-order chi connectivity index (χ0) is 14.3. The van der Waals surface area contributed by atoms with E-state index in [0.29, 0.717) is 12.5 Å². The van der Waals surface area contributed by atoms with Gasteiger partial charge in [-0.05, 0) is 6.92 Å². The maximum Gasteiger partial charge on any atom is 0.404 e. The standard InChI is InChI=1S/C9H15N5O4S/c1-2-11-9-12-5-7(6-13-9)19(16,17)14-3-4-18-8(10)15/h5-6,14H,2-4H2,1H3,(H2,10,15)(H,11,12,13). The van der Waals surface area contributed by atoms with Gasteiger partial charge in [-0.2, -0.15) is 0 Å². The van der Waals surface area contributed by atoms with Crippen molar-refractivity contribution in [2.75, 3.05) is 25.0 Å². The SMILES string of the molecule is CCNc1ncc(S(=O)(=O)NCCOC(N)=O)cn1. The summed E-state index contributed by atoms with van der Waals surface area (Å²) >= 11 is 0. The van der Waals surface area contributed by atoms with E-state index in [2.05, 4.69) is 24.7 Å². The minimum Gasteiger partial charge on any atom is -0.448 e. The van der Waals surface area contributed by atoms with E-state index in [1.807, 2.05) is 6.92 Å². The van der Waals surface area contributed by atoms with Gasteiger partial charge in [-0.25, -0.2) is 27.9 Å². The van der Waals surface area contributed by atoms with Crippen molar-refractivity contribution in [3.8, 4) is 0 Å². The van der Waals surface area contributed by atoms with Crippen LogP contribution in [0.4, 0.5) is 10.7 Å². The molecule has 10 heteroatoms. The molecule has 1 aromatic rings. The first-order valence-corrected chi connectivity index (χ1v) is 6.92. The largest absolute Gasteiger partial charge is 0.448 e. The lowest BCUT2D eigenvalue weighted by atomic mass is 10.6. The molecule has 0 saturated carbocycles. The summed E-state index contributed by atoms with van der Waals surface area (Å²) in [5, 5.41) is 2.84. The molecule has 0 spiro atoms. The second kappa shape index (κ2) is 6.85. The van der Waals surface area contributed by atoms with Crippen LogP contribution in [0, 0.1) is 0 Å². The number of amides is 1. The smallest absolute Gasteiger partial charge is 0.404 e. The average Bonchev–Trinajstić information content (AvgIpc) is 2.36. The van der Waals surface area contributed by atoms with E-state index < -0.39 is 16.1 Å². The molecule has 0 aliphatic rings. The van der Waals surface area contributed by atoms with Crippen molar-refractivity contribution in [3.05, 3.63) is 12.4 Å². The van der Waals surface area contributed by atoms with Crippen LogP contribution in [-0.2, 0) is 14.8 Å². The normalized spacial score (nSPS) is 11.0. The fourth-order valence-electron chi connectivity index (χ4n) is 1.12. The zero-order valence-electron chi connectivity index (χ0n) is 10.3. The summed E-state index contributed by atoms with van der Waals surface area (Å²) in [6, 6.07) is 0. The molecule has 106 valence electrons. The van der Waals surface area contributed by atoms with Gasteiger partial charge in [-0.15, -0.1) is 0 Å². The van der Waals surface area contributed by atoms with Gasteiger partial charge in [-0.1, -0.05) is 0 Å². The summed E-state index contributed by atoms with van der Waals surface area (Å²) in [6.07, 6.45) is 1.40. The average molecular weight is 289 g/mol. The van der Waals surface area contributed by atoms with Crippen LogP contribution in [0.5, 0.6) is 0 Å². The molecule has 1 rings (SSSR count).